The smallest absolute Gasteiger partial charge is 0.411 e. The molecule has 6 atom stereocenters. The minimum absolute atomic E-state index is 0. The maximum atomic E-state index is 13.4. The molecule has 28 heteroatoms. The molecule has 0 aliphatic carbocycles. The Hall–Kier alpha value is -6.70. The Labute approximate surface area is 441 Å². The lowest BCUT2D eigenvalue weighted by Crippen LogP contribution is -2.36. The van der Waals surface area contributed by atoms with Crippen LogP contribution in [-0.2, 0) is 33.5 Å². The second-order valence-corrected chi connectivity index (χ2v) is 19.3. The van der Waals surface area contributed by atoms with Crippen LogP contribution in [-0.4, -0.2) is 134 Å². The van der Waals surface area contributed by atoms with Crippen molar-refractivity contribution in [1.29, 1.82) is 5.26 Å². The van der Waals surface area contributed by atoms with Gasteiger partial charge in [0.25, 0.3) is 0 Å². The SMILES string of the molecule is CC1(C/C=N/O)CN2CCC(c3cccc(F)c3)N2C1=O.CC1(CC#N)CN2CCC(c3cccc(F)c3)N2C1=O.CC1(CC=O)CN2CCC(c3cccc(F)c3)N2C1=O.Cl.NO.O=C(OC(=O)C(F)(F)F)C(F)(F)F. The van der Waals surface area contributed by atoms with Crippen molar-refractivity contribution in [3.8, 4) is 6.07 Å². The fraction of sp³-hybridized carbons (Fsp3) is 0.469. The number of esters is 2. The number of rotatable bonds is 8. The van der Waals surface area contributed by atoms with E-state index in [1.807, 2.05) is 54.0 Å². The van der Waals surface area contributed by atoms with Crippen molar-refractivity contribution in [2.45, 2.75) is 89.8 Å². The Bertz CT molecular complexity index is 2680. The van der Waals surface area contributed by atoms with Crippen LogP contribution in [0.1, 0.15) is 94.1 Å². The summed E-state index contributed by atoms with van der Waals surface area (Å²) in [6.07, 6.45) is -5.84. The van der Waals surface area contributed by atoms with E-state index >= 15 is 0 Å². The quantitative estimate of drug-likeness (QED) is 0.0382. The van der Waals surface area contributed by atoms with E-state index in [1.54, 1.807) is 33.2 Å². The molecule has 6 unspecified atom stereocenters. The average molecular weight is 1120 g/mol. The second kappa shape index (κ2) is 25.6. The third-order valence-corrected chi connectivity index (χ3v) is 13.5. The molecule has 0 aromatic heterocycles. The fourth-order valence-electron chi connectivity index (χ4n) is 9.91. The van der Waals surface area contributed by atoms with Crippen molar-refractivity contribution < 1.29 is 83.4 Å². The van der Waals surface area contributed by atoms with Gasteiger partial charge in [0.1, 0.15) is 23.7 Å². The first-order valence-electron chi connectivity index (χ1n) is 23.3. The predicted octanol–water partition coefficient (Wildman–Crippen LogP) is 7.30. The Morgan fingerprint density at radius 1 is 0.662 bits per heavy atom. The van der Waals surface area contributed by atoms with Crippen molar-refractivity contribution >= 4 is 54.6 Å². The summed E-state index contributed by atoms with van der Waals surface area (Å²) in [5.41, 5.74) is 0.594. The Morgan fingerprint density at radius 2 is 0.987 bits per heavy atom. The van der Waals surface area contributed by atoms with Crippen LogP contribution in [0.15, 0.2) is 78.0 Å². The molecule has 0 radical (unpaired) electrons. The molecule has 6 aliphatic heterocycles. The van der Waals surface area contributed by atoms with Crippen molar-refractivity contribution in [1.82, 2.24) is 30.1 Å². The number of ether oxygens (including phenoxy) is 1. The van der Waals surface area contributed by atoms with E-state index in [0.29, 0.717) is 26.1 Å². The van der Waals surface area contributed by atoms with Crippen molar-refractivity contribution in [2.75, 3.05) is 39.3 Å². The number of carbonyl (C=O) groups excluding carboxylic acids is 6. The lowest BCUT2D eigenvalue weighted by atomic mass is 9.86. The van der Waals surface area contributed by atoms with Crippen LogP contribution >= 0.6 is 12.4 Å². The fourth-order valence-corrected chi connectivity index (χ4v) is 9.91. The Morgan fingerprint density at radius 3 is 1.29 bits per heavy atom. The maximum absolute atomic E-state index is 13.4. The number of hydrazine groups is 3. The second-order valence-electron chi connectivity index (χ2n) is 19.3. The van der Waals surface area contributed by atoms with Gasteiger partial charge in [-0.15, -0.1) is 17.6 Å². The van der Waals surface area contributed by atoms with Crippen molar-refractivity contribution in [3.05, 3.63) is 107 Å². The molecular weight excluding hydrogens is 1070 g/mol. The zero-order valence-electron chi connectivity index (χ0n) is 41.5. The monoisotopic (exact) mass is 1120 g/mol. The number of nitrogens with two attached hydrogens (primary N) is 1. The number of benzene rings is 3. The average Bonchev–Trinajstić information content (AvgIpc) is 4.20. The van der Waals surface area contributed by atoms with Crippen molar-refractivity contribution in [2.24, 2.45) is 27.3 Å². The first kappa shape index (κ1) is 62.8. The third kappa shape index (κ3) is 14.3. The van der Waals surface area contributed by atoms with Crippen LogP contribution in [0.5, 0.6) is 0 Å². The summed E-state index contributed by atoms with van der Waals surface area (Å²) in [5, 5.41) is 38.2. The van der Waals surface area contributed by atoms with Gasteiger partial charge in [-0.25, -0.2) is 43.7 Å². The van der Waals surface area contributed by atoms with Gasteiger partial charge in [-0.3, -0.25) is 29.4 Å². The lowest BCUT2D eigenvalue weighted by Gasteiger charge is -2.26. The summed E-state index contributed by atoms with van der Waals surface area (Å²) < 4.78 is 110. The Kier molecular flexibility index (Phi) is 20.9. The molecule has 6 heterocycles. The van der Waals surface area contributed by atoms with Crippen LogP contribution in [0.3, 0.4) is 0 Å². The van der Waals surface area contributed by atoms with Gasteiger partial charge >= 0.3 is 24.3 Å². The summed E-state index contributed by atoms with van der Waals surface area (Å²) in [7, 11) is 0. The minimum Gasteiger partial charge on any atom is -0.411 e. The minimum atomic E-state index is -5.62. The van der Waals surface area contributed by atoms with Gasteiger partial charge < -0.3 is 19.9 Å². The number of oxime groups is 1. The molecule has 6 fully saturated rings. The summed E-state index contributed by atoms with van der Waals surface area (Å²) in [4.78, 5) is 68.0. The molecule has 0 bridgehead atoms. The largest absolute Gasteiger partial charge is 0.491 e. The van der Waals surface area contributed by atoms with E-state index in [4.69, 9.17) is 15.7 Å². The van der Waals surface area contributed by atoms with Gasteiger partial charge in [0.2, 0.25) is 17.7 Å². The molecule has 0 saturated carbocycles. The molecule has 420 valence electrons. The number of carbonyl (C=O) groups is 6. The number of alkyl halides is 6. The van der Waals surface area contributed by atoms with Gasteiger partial charge in [-0.1, -0.05) is 36.4 Å². The van der Waals surface area contributed by atoms with Gasteiger partial charge in [-0.05, 0) is 93.1 Å². The number of hydrogen-bond acceptors (Lipinski definition) is 15. The van der Waals surface area contributed by atoms with Gasteiger partial charge in [0, 0.05) is 58.3 Å². The molecular formula is C49H55ClF9N9O9. The van der Waals surface area contributed by atoms with Crippen LogP contribution < -0.4 is 5.90 Å². The highest BCUT2D eigenvalue weighted by Gasteiger charge is 2.55. The number of amides is 3. The molecule has 3 aromatic carbocycles. The highest BCUT2D eigenvalue weighted by Crippen LogP contribution is 2.46. The first-order valence-corrected chi connectivity index (χ1v) is 23.3. The maximum Gasteiger partial charge on any atom is 0.491 e. The third-order valence-electron chi connectivity index (χ3n) is 13.5. The summed E-state index contributed by atoms with van der Waals surface area (Å²) in [5.74, 6) is -3.80. The number of halogens is 10. The topological polar surface area (TPSA) is 234 Å². The standard InChI is InChI=1S/C15H18FN3O2.C15H16FN3O.C15H17FN2O2.C4F6O3.ClH.H3NO/c1-15(6-7-17-21)10-18-8-5-13(19(18)14(15)20)11-3-2-4-12(16)9-11;1-15(6-7-17)10-18-8-5-13(19(18)14(15)20)11-3-2-4-12(16)9-11;1-15(6-8-19)10-17-7-5-13(18(17)14(15)20)11-3-2-4-12(16)9-11;5-3(6,7)1(11)13-2(12)4(8,9)10;;1-2/h2-4,7,9,13,21H,5-6,8,10H2,1H3;2-4,9,13H,5-6,8,10H2,1H3;2-4,8-9,13H,5-7,10H2,1H3;;1H;2H,1H2/b17-7+;;;;;. The first-order chi connectivity index (χ1) is 35.7. The van der Waals surface area contributed by atoms with E-state index < -0.39 is 40.5 Å². The van der Waals surface area contributed by atoms with E-state index in [9.17, 15) is 68.3 Å². The van der Waals surface area contributed by atoms with Crippen LogP contribution in [0.25, 0.3) is 0 Å². The molecule has 0 spiro atoms. The highest BCUT2D eigenvalue weighted by atomic mass is 35.5. The van der Waals surface area contributed by atoms with Crippen LogP contribution in [0.2, 0.25) is 0 Å². The summed E-state index contributed by atoms with van der Waals surface area (Å²) in [6.45, 7) is 9.58. The van der Waals surface area contributed by atoms with Crippen molar-refractivity contribution in [3.63, 3.8) is 0 Å². The Balaban J connectivity index is 0.000000221. The zero-order valence-corrected chi connectivity index (χ0v) is 42.3. The molecule has 3 amide bonds. The van der Waals surface area contributed by atoms with E-state index in [2.05, 4.69) is 21.9 Å². The molecule has 9 rings (SSSR count). The normalized spacial score (nSPS) is 25.6. The van der Waals surface area contributed by atoms with E-state index in [0.717, 1.165) is 61.9 Å². The predicted molar refractivity (Wildman–Crippen MR) is 253 cm³/mol. The number of fused-ring (bicyclic) bond motifs is 3. The van der Waals surface area contributed by atoms with Gasteiger partial charge in [0.05, 0.1) is 46.9 Å². The molecule has 4 N–H and O–H groups in total. The molecule has 18 nitrogen and oxygen atoms in total. The summed E-state index contributed by atoms with van der Waals surface area (Å²) in [6, 6.07) is 21.0. The highest BCUT2D eigenvalue weighted by molar-refractivity contribution is 5.91. The van der Waals surface area contributed by atoms with Crippen LogP contribution in [0.4, 0.5) is 39.5 Å². The number of nitriles is 1. The molecule has 6 aliphatic rings. The van der Waals surface area contributed by atoms with E-state index in [1.165, 1.54) is 42.6 Å². The number of nitrogens with zero attached hydrogens (tertiary/aromatic N) is 8. The van der Waals surface area contributed by atoms with E-state index in [-0.39, 0.29) is 78.5 Å². The molecule has 77 heavy (non-hydrogen) atoms. The summed E-state index contributed by atoms with van der Waals surface area (Å²) >= 11 is 0. The number of aldehydes is 1. The zero-order chi connectivity index (χ0) is 56.6. The molecule has 6 saturated heterocycles. The van der Waals surface area contributed by atoms with Gasteiger partial charge in [0.15, 0.2) is 0 Å². The molecule has 3 aromatic rings. The van der Waals surface area contributed by atoms with Gasteiger partial charge in [-0.2, -0.15) is 31.6 Å². The lowest BCUT2D eigenvalue weighted by molar-refractivity contribution is -0.221. The van der Waals surface area contributed by atoms with Crippen LogP contribution in [0, 0.1) is 45.0 Å². The number of hydrogen-bond donors (Lipinski definition) is 3.